The molecule has 0 radical (unpaired) electrons. The van der Waals surface area contributed by atoms with Crippen LogP contribution in [0.15, 0.2) is 224 Å². The lowest BCUT2D eigenvalue weighted by molar-refractivity contribution is 1.18. The summed E-state index contributed by atoms with van der Waals surface area (Å²) in [6, 6.07) is 80.5. The fraction of sp³-hybridized carbons (Fsp3) is 0. The molecule has 0 N–H and O–H groups in total. The lowest BCUT2D eigenvalue weighted by Crippen LogP contribution is -1.97. The van der Waals surface area contributed by atoms with Gasteiger partial charge < -0.3 is 4.57 Å². The van der Waals surface area contributed by atoms with Gasteiger partial charge in [-0.15, -0.1) is 0 Å². The molecule has 3 heteroatoms. The zero-order valence-corrected chi connectivity index (χ0v) is 33.2. The highest BCUT2D eigenvalue weighted by Crippen LogP contribution is 2.43. The quantitative estimate of drug-likeness (QED) is 0.158. The van der Waals surface area contributed by atoms with Crippen LogP contribution in [0.25, 0.3) is 116 Å². The number of aromatic nitrogens is 3. The number of rotatable bonds is 6. The molecule has 0 atom stereocenters. The molecule has 12 rings (SSSR count). The van der Waals surface area contributed by atoms with Crippen LogP contribution in [0.2, 0.25) is 0 Å². The SMILES string of the molecule is c1ccc(-c2ccc(-c3cc(-c4cccc5c6ccccc6c6ccc(-c7ccc8c(c7)c7ccccc7n8-c7ccccc7)cc6c45)nc(-c4ccccc4)n3)cc2)cc1. The summed E-state index contributed by atoms with van der Waals surface area (Å²) in [5, 5.41) is 9.74. The summed E-state index contributed by atoms with van der Waals surface area (Å²) >= 11 is 0. The molecule has 0 saturated carbocycles. The van der Waals surface area contributed by atoms with Crippen molar-refractivity contribution in [2.45, 2.75) is 0 Å². The summed E-state index contributed by atoms with van der Waals surface area (Å²) in [6.07, 6.45) is 0. The first-order valence-electron chi connectivity index (χ1n) is 20.8. The van der Waals surface area contributed by atoms with Crippen molar-refractivity contribution in [3.63, 3.8) is 0 Å². The van der Waals surface area contributed by atoms with Crippen molar-refractivity contribution in [3.8, 4) is 61.8 Å². The number of benzene rings is 10. The van der Waals surface area contributed by atoms with E-state index in [1.807, 2.05) is 6.07 Å². The van der Waals surface area contributed by atoms with Crippen LogP contribution >= 0.6 is 0 Å². The Balaban J connectivity index is 1.08. The minimum atomic E-state index is 0.700. The number of para-hydroxylation sites is 2. The topological polar surface area (TPSA) is 30.7 Å². The van der Waals surface area contributed by atoms with E-state index in [1.54, 1.807) is 0 Å². The van der Waals surface area contributed by atoms with E-state index >= 15 is 0 Å². The first kappa shape index (κ1) is 34.9. The monoisotopic (exact) mass is 775 g/mol. The number of fused-ring (bicyclic) bond motifs is 9. The normalized spacial score (nSPS) is 11.6. The van der Waals surface area contributed by atoms with Crippen LogP contribution in [-0.4, -0.2) is 14.5 Å². The summed E-state index contributed by atoms with van der Waals surface area (Å²) in [7, 11) is 0. The molecule has 0 fully saturated rings. The molecule has 61 heavy (non-hydrogen) atoms. The van der Waals surface area contributed by atoms with Crippen LogP contribution in [0.3, 0.4) is 0 Å². The highest BCUT2D eigenvalue weighted by Gasteiger charge is 2.18. The van der Waals surface area contributed by atoms with Crippen LogP contribution in [0.1, 0.15) is 0 Å². The molecule has 0 spiro atoms. The minimum Gasteiger partial charge on any atom is -0.309 e. The maximum Gasteiger partial charge on any atom is 0.160 e. The molecule has 0 aliphatic heterocycles. The second kappa shape index (κ2) is 14.3. The molecule has 3 nitrogen and oxygen atoms in total. The Morgan fingerprint density at radius 3 is 1.54 bits per heavy atom. The zero-order valence-electron chi connectivity index (χ0n) is 33.2. The van der Waals surface area contributed by atoms with Crippen molar-refractivity contribution in [1.29, 1.82) is 0 Å². The van der Waals surface area contributed by atoms with E-state index < -0.39 is 0 Å². The van der Waals surface area contributed by atoms with Gasteiger partial charge in [-0.3, -0.25) is 0 Å². The van der Waals surface area contributed by atoms with E-state index in [0.29, 0.717) is 5.82 Å². The van der Waals surface area contributed by atoms with Gasteiger partial charge in [0.15, 0.2) is 5.82 Å². The molecule has 0 saturated heterocycles. The van der Waals surface area contributed by atoms with E-state index in [1.165, 1.54) is 76.4 Å². The van der Waals surface area contributed by atoms with Gasteiger partial charge in [0.2, 0.25) is 0 Å². The van der Waals surface area contributed by atoms with Gasteiger partial charge in [0, 0.05) is 33.2 Å². The second-order valence-electron chi connectivity index (χ2n) is 15.7. The van der Waals surface area contributed by atoms with Crippen molar-refractivity contribution in [2.24, 2.45) is 0 Å². The van der Waals surface area contributed by atoms with Gasteiger partial charge in [-0.2, -0.15) is 0 Å². The molecule has 2 heterocycles. The summed E-state index contributed by atoms with van der Waals surface area (Å²) in [5.74, 6) is 0.700. The zero-order chi connectivity index (χ0) is 40.3. The van der Waals surface area contributed by atoms with Gasteiger partial charge in [0.05, 0.1) is 22.4 Å². The number of hydrogen-bond donors (Lipinski definition) is 0. The molecule has 10 aromatic carbocycles. The molecule has 0 aliphatic rings. The fourth-order valence-corrected chi connectivity index (χ4v) is 9.32. The van der Waals surface area contributed by atoms with Crippen molar-refractivity contribution in [3.05, 3.63) is 224 Å². The molecular formula is C58H37N3. The van der Waals surface area contributed by atoms with Crippen LogP contribution < -0.4 is 0 Å². The van der Waals surface area contributed by atoms with Gasteiger partial charge in [0.25, 0.3) is 0 Å². The highest BCUT2D eigenvalue weighted by atomic mass is 15.0. The first-order valence-corrected chi connectivity index (χ1v) is 20.8. The molecular weight excluding hydrogens is 739 g/mol. The highest BCUT2D eigenvalue weighted by molar-refractivity contribution is 6.29. The Labute approximate surface area is 353 Å². The predicted molar refractivity (Wildman–Crippen MR) is 256 cm³/mol. The maximum atomic E-state index is 5.36. The Morgan fingerprint density at radius 2 is 0.787 bits per heavy atom. The van der Waals surface area contributed by atoms with E-state index in [2.05, 4.69) is 223 Å². The smallest absolute Gasteiger partial charge is 0.160 e. The van der Waals surface area contributed by atoms with E-state index in [9.17, 15) is 0 Å². The largest absolute Gasteiger partial charge is 0.309 e. The minimum absolute atomic E-state index is 0.700. The maximum absolute atomic E-state index is 5.36. The average Bonchev–Trinajstić information content (AvgIpc) is 3.68. The van der Waals surface area contributed by atoms with Gasteiger partial charge >= 0.3 is 0 Å². The standard InChI is InChI=1S/C58H37N3/c1-4-15-38(16-5-1)39-27-29-40(30-28-39)53-37-54(60-58(59-53)41-17-6-2-7-18-41)50-25-14-24-49-46-22-11-10-21-45(46)47-33-31-42(36-52(47)57(49)50)43-32-34-56-51(35-43)48-23-12-13-26-55(48)61(56)44-19-8-3-9-20-44/h1-37H. The molecule has 0 bridgehead atoms. The number of hydrogen-bond acceptors (Lipinski definition) is 2. The van der Waals surface area contributed by atoms with Gasteiger partial charge in [-0.05, 0) is 97.0 Å². The molecule has 0 unspecified atom stereocenters. The van der Waals surface area contributed by atoms with Gasteiger partial charge in [-0.25, -0.2) is 9.97 Å². The molecule has 12 aromatic rings. The third kappa shape index (κ3) is 5.90. The van der Waals surface area contributed by atoms with Crippen molar-refractivity contribution < 1.29 is 0 Å². The molecule has 0 amide bonds. The van der Waals surface area contributed by atoms with Crippen molar-refractivity contribution in [1.82, 2.24) is 14.5 Å². The van der Waals surface area contributed by atoms with Crippen LogP contribution in [-0.2, 0) is 0 Å². The van der Waals surface area contributed by atoms with E-state index in [4.69, 9.17) is 9.97 Å². The van der Waals surface area contributed by atoms with Gasteiger partial charge in [0.1, 0.15) is 0 Å². The van der Waals surface area contributed by atoms with E-state index in [0.717, 1.165) is 33.8 Å². The molecule has 284 valence electrons. The summed E-state index contributed by atoms with van der Waals surface area (Å²) < 4.78 is 2.37. The average molecular weight is 776 g/mol. The predicted octanol–water partition coefficient (Wildman–Crippen LogP) is 15.4. The lowest BCUT2D eigenvalue weighted by atomic mass is 9.89. The van der Waals surface area contributed by atoms with Crippen LogP contribution in [0, 0.1) is 0 Å². The Kier molecular flexibility index (Phi) is 8.17. The van der Waals surface area contributed by atoms with Gasteiger partial charge in [-0.1, -0.05) is 182 Å². The number of nitrogens with zero attached hydrogens (tertiary/aromatic N) is 3. The third-order valence-corrected chi connectivity index (χ3v) is 12.2. The van der Waals surface area contributed by atoms with Crippen LogP contribution in [0.5, 0.6) is 0 Å². The summed E-state index contributed by atoms with van der Waals surface area (Å²) in [5.41, 5.74) is 13.1. The Hall–Kier alpha value is -8.14. The third-order valence-electron chi connectivity index (χ3n) is 12.2. The first-order chi connectivity index (χ1) is 30.2. The molecule has 2 aromatic heterocycles. The second-order valence-corrected chi connectivity index (χ2v) is 15.7. The van der Waals surface area contributed by atoms with Crippen molar-refractivity contribution >= 4 is 54.1 Å². The fourth-order valence-electron chi connectivity index (χ4n) is 9.32. The van der Waals surface area contributed by atoms with Crippen LogP contribution in [0.4, 0.5) is 0 Å². The van der Waals surface area contributed by atoms with E-state index in [-0.39, 0.29) is 0 Å². The molecule has 0 aliphatic carbocycles. The van der Waals surface area contributed by atoms with Crippen molar-refractivity contribution in [2.75, 3.05) is 0 Å². The Morgan fingerprint density at radius 1 is 0.279 bits per heavy atom. The lowest BCUT2D eigenvalue weighted by Gasteiger charge is -2.16. The summed E-state index contributed by atoms with van der Waals surface area (Å²) in [4.78, 5) is 10.6. The Bertz CT molecular complexity index is 3610. The summed E-state index contributed by atoms with van der Waals surface area (Å²) in [6.45, 7) is 0.